The van der Waals surface area contributed by atoms with Gasteiger partial charge in [-0.1, -0.05) is 19.8 Å². The lowest BCUT2D eigenvalue weighted by molar-refractivity contribution is -0.129. The molecule has 0 aromatic carbocycles. The van der Waals surface area contributed by atoms with E-state index in [0.29, 0.717) is 6.42 Å². The van der Waals surface area contributed by atoms with Crippen LogP contribution in [-0.4, -0.2) is 30.3 Å². The summed E-state index contributed by atoms with van der Waals surface area (Å²) >= 11 is 0. The molecule has 0 amide bonds. The van der Waals surface area contributed by atoms with Crippen LogP contribution in [-0.2, 0) is 4.79 Å². The maximum atomic E-state index is 12.0. The second kappa shape index (κ2) is 5.82. The molecule has 0 rings (SSSR count). The van der Waals surface area contributed by atoms with E-state index < -0.39 is 0 Å². The summed E-state index contributed by atoms with van der Waals surface area (Å²) in [6.07, 6.45) is 2.07. The second-order valence-electron chi connectivity index (χ2n) is 3.66. The minimum Gasteiger partial charge on any atom is -0.297 e. The number of ketones is 1. The number of hydrogen-bond donors (Lipinski definition) is 0. The molecule has 0 bridgehead atoms. The molecule has 0 N–H and O–H groups in total. The Balaban J connectivity index is 4.77. The first-order valence-corrected chi connectivity index (χ1v) is 5.15. The van der Waals surface area contributed by atoms with Crippen molar-refractivity contribution < 1.29 is 4.79 Å². The SMILES string of the molecule is CC#CCC(=O)C(CC)(CC)N(C)C. The fourth-order valence-electron chi connectivity index (χ4n) is 1.86. The van der Waals surface area contributed by atoms with Crippen molar-refractivity contribution in [2.75, 3.05) is 14.1 Å². The predicted molar refractivity (Wildman–Crippen MR) is 60.1 cm³/mol. The number of hydrogen-bond acceptors (Lipinski definition) is 2. The summed E-state index contributed by atoms with van der Waals surface area (Å²) < 4.78 is 0. The standard InChI is InChI=1S/C12H21NO/c1-6-9-10-11(14)12(7-2,8-3)13(4)5/h7-8,10H2,1-5H3. The summed E-state index contributed by atoms with van der Waals surface area (Å²) in [6, 6.07) is 0. The summed E-state index contributed by atoms with van der Waals surface area (Å²) in [5, 5.41) is 0. The van der Waals surface area contributed by atoms with Crippen LogP contribution in [0.15, 0.2) is 0 Å². The van der Waals surface area contributed by atoms with E-state index >= 15 is 0 Å². The Morgan fingerprint density at radius 2 is 1.79 bits per heavy atom. The molecule has 0 aliphatic carbocycles. The van der Waals surface area contributed by atoms with Gasteiger partial charge in [-0.05, 0) is 33.9 Å². The van der Waals surface area contributed by atoms with Gasteiger partial charge in [-0.25, -0.2) is 0 Å². The highest BCUT2D eigenvalue weighted by Gasteiger charge is 2.35. The molecular formula is C12H21NO. The lowest BCUT2D eigenvalue weighted by Gasteiger charge is -2.36. The van der Waals surface area contributed by atoms with Gasteiger partial charge in [0.15, 0.2) is 5.78 Å². The van der Waals surface area contributed by atoms with E-state index in [4.69, 9.17) is 0 Å². The molecular weight excluding hydrogens is 174 g/mol. The lowest BCUT2D eigenvalue weighted by Crippen LogP contribution is -2.50. The van der Waals surface area contributed by atoms with Crippen molar-refractivity contribution >= 4 is 5.78 Å². The van der Waals surface area contributed by atoms with Crippen molar-refractivity contribution in [1.29, 1.82) is 0 Å². The molecule has 0 saturated carbocycles. The van der Waals surface area contributed by atoms with Crippen molar-refractivity contribution in [1.82, 2.24) is 4.90 Å². The Hall–Kier alpha value is -0.810. The molecule has 0 radical (unpaired) electrons. The monoisotopic (exact) mass is 195 g/mol. The number of carbonyl (C=O) groups is 1. The Morgan fingerprint density at radius 3 is 2.07 bits per heavy atom. The second-order valence-corrected chi connectivity index (χ2v) is 3.66. The summed E-state index contributed by atoms with van der Waals surface area (Å²) in [4.78, 5) is 14.0. The molecule has 80 valence electrons. The van der Waals surface area contributed by atoms with E-state index in [0.717, 1.165) is 12.8 Å². The number of nitrogens with zero attached hydrogens (tertiary/aromatic N) is 1. The molecule has 0 aromatic heterocycles. The summed E-state index contributed by atoms with van der Waals surface area (Å²) in [7, 11) is 3.93. The molecule has 0 aliphatic heterocycles. The van der Waals surface area contributed by atoms with Crippen LogP contribution >= 0.6 is 0 Å². The van der Waals surface area contributed by atoms with Crippen LogP contribution in [0.5, 0.6) is 0 Å². The van der Waals surface area contributed by atoms with E-state index in [1.165, 1.54) is 0 Å². The molecule has 0 aromatic rings. The largest absolute Gasteiger partial charge is 0.297 e. The van der Waals surface area contributed by atoms with Crippen molar-refractivity contribution in [3.63, 3.8) is 0 Å². The number of Topliss-reactive ketones (excluding diaryl/α,β-unsaturated/α-hetero) is 1. The van der Waals surface area contributed by atoms with Crippen LogP contribution in [0.4, 0.5) is 0 Å². The fourth-order valence-corrected chi connectivity index (χ4v) is 1.86. The van der Waals surface area contributed by atoms with Crippen molar-refractivity contribution in [3.05, 3.63) is 0 Å². The van der Waals surface area contributed by atoms with Crippen LogP contribution < -0.4 is 0 Å². The maximum Gasteiger partial charge on any atom is 0.164 e. The van der Waals surface area contributed by atoms with Gasteiger partial charge in [0.1, 0.15) is 0 Å². The Bertz CT molecular complexity index is 241. The topological polar surface area (TPSA) is 20.3 Å². The number of carbonyl (C=O) groups excluding carboxylic acids is 1. The smallest absolute Gasteiger partial charge is 0.164 e. The highest BCUT2D eigenvalue weighted by molar-refractivity contribution is 5.90. The third kappa shape index (κ3) is 2.59. The first-order valence-electron chi connectivity index (χ1n) is 5.15. The molecule has 0 saturated heterocycles. The molecule has 0 aliphatic rings. The molecule has 2 nitrogen and oxygen atoms in total. The summed E-state index contributed by atoms with van der Waals surface area (Å²) in [5.74, 6) is 5.86. The van der Waals surface area contributed by atoms with E-state index in [9.17, 15) is 4.79 Å². The highest BCUT2D eigenvalue weighted by atomic mass is 16.1. The quantitative estimate of drug-likeness (QED) is 0.626. The molecule has 0 spiro atoms. The van der Waals surface area contributed by atoms with Gasteiger partial charge in [0, 0.05) is 0 Å². The molecule has 0 heterocycles. The Kier molecular flexibility index (Phi) is 5.49. The Morgan fingerprint density at radius 1 is 1.29 bits per heavy atom. The van der Waals surface area contributed by atoms with E-state index in [1.807, 2.05) is 19.0 Å². The average molecular weight is 195 g/mol. The molecule has 0 unspecified atom stereocenters. The van der Waals surface area contributed by atoms with Crippen molar-refractivity contribution in [2.45, 2.75) is 45.6 Å². The molecule has 0 fully saturated rings. The van der Waals surface area contributed by atoms with Gasteiger partial charge in [0.05, 0.1) is 12.0 Å². The van der Waals surface area contributed by atoms with Crippen LogP contribution in [0.2, 0.25) is 0 Å². The zero-order chi connectivity index (χ0) is 11.2. The molecule has 2 heteroatoms. The van der Waals surface area contributed by atoms with Gasteiger partial charge in [0.2, 0.25) is 0 Å². The van der Waals surface area contributed by atoms with Crippen molar-refractivity contribution in [3.8, 4) is 11.8 Å². The number of rotatable bonds is 5. The minimum absolute atomic E-state index is 0.238. The maximum absolute atomic E-state index is 12.0. The zero-order valence-corrected chi connectivity index (χ0v) is 9.98. The highest BCUT2D eigenvalue weighted by Crippen LogP contribution is 2.23. The zero-order valence-electron chi connectivity index (χ0n) is 9.98. The third-order valence-electron chi connectivity index (χ3n) is 2.97. The minimum atomic E-state index is -0.316. The van der Waals surface area contributed by atoms with Crippen LogP contribution in [0.3, 0.4) is 0 Å². The van der Waals surface area contributed by atoms with Crippen LogP contribution in [0, 0.1) is 11.8 Å². The summed E-state index contributed by atoms with van der Waals surface area (Å²) in [5.41, 5.74) is -0.316. The average Bonchev–Trinajstić information content (AvgIpc) is 2.17. The number of likely N-dealkylation sites (N-methyl/N-ethyl adjacent to an activating group) is 1. The van der Waals surface area contributed by atoms with E-state index in [1.54, 1.807) is 6.92 Å². The van der Waals surface area contributed by atoms with Gasteiger partial charge in [-0.2, -0.15) is 0 Å². The van der Waals surface area contributed by atoms with Crippen LogP contribution in [0.25, 0.3) is 0 Å². The fraction of sp³-hybridized carbons (Fsp3) is 0.750. The van der Waals surface area contributed by atoms with Gasteiger partial charge < -0.3 is 0 Å². The van der Waals surface area contributed by atoms with Gasteiger partial charge in [-0.15, -0.1) is 5.92 Å². The third-order valence-corrected chi connectivity index (χ3v) is 2.97. The van der Waals surface area contributed by atoms with Gasteiger partial charge >= 0.3 is 0 Å². The van der Waals surface area contributed by atoms with Gasteiger partial charge in [0.25, 0.3) is 0 Å². The lowest BCUT2D eigenvalue weighted by atomic mass is 9.85. The predicted octanol–water partition coefficient (Wildman–Crippen LogP) is 2.09. The van der Waals surface area contributed by atoms with E-state index in [2.05, 4.69) is 25.7 Å². The molecule has 0 atom stereocenters. The summed E-state index contributed by atoms with van der Waals surface area (Å²) in [6.45, 7) is 5.88. The normalized spacial score (nSPS) is 11.0. The van der Waals surface area contributed by atoms with E-state index in [-0.39, 0.29) is 11.3 Å². The van der Waals surface area contributed by atoms with Crippen molar-refractivity contribution in [2.24, 2.45) is 0 Å². The van der Waals surface area contributed by atoms with Gasteiger partial charge in [-0.3, -0.25) is 9.69 Å². The Labute approximate surface area is 87.7 Å². The molecule has 14 heavy (non-hydrogen) atoms. The first-order chi connectivity index (χ1) is 6.55. The van der Waals surface area contributed by atoms with Crippen LogP contribution in [0.1, 0.15) is 40.0 Å². The first kappa shape index (κ1) is 13.2.